The number of rotatable bonds is 4. The number of fused-ring (bicyclic) bond motifs is 1. The van der Waals surface area contributed by atoms with Gasteiger partial charge >= 0.3 is 0 Å². The maximum atomic E-state index is 12.6. The third kappa shape index (κ3) is 3.72. The molecule has 0 aliphatic heterocycles. The Morgan fingerprint density at radius 2 is 1.77 bits per heavy atom. The van der Waals surface area contributed by atoms with E-state index in [4.69, 9.17) is 11.6 Å². The van der Waals surface area contributed by atoms with E-state index in [2.05, 4.69) is 30.5 Å². The summed E-state index contributed by atoms with van der Waals surface area (Å²) < 4.78 is 0. The normalized spacial score (nSPS) is 10.9. The fraction of sp³-hybridized carbons (Fsp3) is 0. The molecular weight excluding hydrogens is 414 g/mol. The van der Waals surface area contributed by atoms with Gasteiger partial charge in [0.1, 0.15) is 0 Å². The summed E-state index contributed by atoms with van der Waals surface area (Å²) in [5.41, 5.74) is 3.47. The molecule has 9 heteroatoms. The quantitative estimate of drug-likeness (QED) is 0.462. The van der Waals surface area contributed by atoms with Crippen molar-refractivity contribution in [1.29, 1.82) is 0 Å². The van der Waals surface area contributed by atoms with E-state index in [-0.39, 0.29) is 5.91 Å². The average molecular weight is 428 g/mol. The maximum Gasteiger partial charge on any atom is 0.257 e. The minimum atomic E-state index is -0.318. The molecule has 5 aromatic rings. The van der Waals surface area contributed by atoms with Gasteiger partial charge in [-0.05, 0) is 30.3 Å². The Morgan fingerprint density at radius 1 is 0.903 bits per heavy atom. The van der Waals surface area contributed by atoms with Crippen molar-refractivity contribution in [2.24, 2.45) is 0 Å². The summed E-state index contributed by atoms with van der Waals surface area (Å²) in [5, 5.41) is 12.1. The summed E-state index contributed by atoms with van der Waals surface area (Å²) >= 11 is 6.25. The van der Waals surface area contributed by atoms with Gasteiger partial charge in [0, 0.05) is 23.3 Å². The fourth-order valence-corrected chi connectivity index (χ4v) is 3.43. The number of halogens is 1. The molecule has 0 fully saturated rings. The van der Waals surface area contributed by atoms with Crippen LogP contribution in [0.4, 0.5) is 5.69 Å². The van der Waals surface area contributed by atoms with E-state index < -0.39 is 0 Å². The van der Waals surface area contributed by atoms with Crippen molar-refractivity contribution in [3.8, 4) is 17.1 Å². The summed E-state index contributed by atoms with van der Waals surface area (Å²) in [6, 6.07) is 14.9. The van der Waals surface area contributed by atoms with Gasteiger partial charge in [-0.3, -0.25) is 14.8 Å². The van der Waals surface area contributed by atoms with E-state index in [9.17, 15) is 4.79 Å². The van der Waals surface area contributed by atoms with Crippen LogP contribution in [0.25, 0.3) is 28.0 Å². The third-order valence-corrected chi connectivity index (χ3v) is 4.91. The van der Waals surface area contributed by atoms with E-state index in [0.717, 1.165) is 22.2 Å². The van der Waals surface area contributed by atoms with E-state index in [0.29, 0.717) is 22.1 Å². The van der Waals surface area contributed by atoms with Gasteiger partial charge in [0.15, 0.2) is 5.82 Å². The lowest BCUT2D eigenvalue weighted by Crippen LogP contribution is -2.13. The lowest BCUT2D eigenvalue weighted by Gasteiger charge is -2.09. The SMILES string of the molecule is O=C(Nc1cnc(-n2nccn2)c(Cl)c1)c1ccc(-c2cccc3ncccc23)nc1. The first-order valence-electron chi connectivity index (χ1n) is 9.33. The largest absolute Gasteiger partial charge is 0.320 e. The second-order valence-corrected chi connectivity index (χ2v) is 7.02. The topological polar surface area (TPSA) is 98.5 Å². The number of carbonyl (C=O) groups is 1. The number of nitrogens with zero attached hydrogens (tertiary/aromatic N) is 6. The van der Waals surface area contributed by atoms with Crippen LogP contribution in [0, 0.1) is 0 Å². The molecule has 0 atom stereocenters. The average Bonchev–Trinajstić information content (AvgIpc) is 3.33. The summed E-state index contributed by atoms with van der Waals surface area (Å²) in [7, 11) is 0. The highest BCUT2D eigenvalue weighted by atomic mass is 35.5. The molecule has 0 radical (unpaired) electrons. The molecule has 0 unspecified atom stereocenters. The Hall–Kier alpha value is -4.17. The molecule has 4 aromatic heterocycles. The van der Waals surface area contributed by atoms with Gasteiger partial charge in [0.05, 0.1) is 46.1 Å². The van der Waals surface area contributed by atoms with Crippen molar-refractivity contribution in [3.05, 3.63) is 90.1 Å². The molecule has 0 saturated heterocycles. The van der Waals surface area contributed by atoms with Crippen LogP contribution in [-0.4, -0.2) is 35.9 Å². The zero-order valence-electron chi connectivity index (χ0n) is 16.0. The number of anilines is 1. The summed E-state index contributed by atoms with van der Waals surface area (Å²) in [5.74, 6) is 0.0572. The van der Waals surface area contributed by atoms with Gasteiger partial charge < -0.3 is 5.32 Å². The Bertz CT molecular complexity index is 1380. The Labute approximate surface area is 181 Å². The lowest BCUT2D eigenvalue weighted by molar-refractivity contribution is 0.102. The minimum Gasteiger partial charge on any atom is -0.320 e. The molecular formula is C22H14ClN7O. The Balaban J connectivity index is 1.36. The number of hydrogen-bond donors (Lipinski definition) is 1. The fourth-order valence-electron chi connectivity index (χ4n) is 3.19. The molecule has 8 nitrogen and oxygen atoms in total. The monoisotopic (exact) mass is 427 g/mol. The molecule has 5 rings (SSSR count). The Morgan fingerprint density at radius 3 is 2.55 bits per heavy atom. The Kier molecular flexibility index (Phi) is 4.81. The van der Waals surface area contributed by atoms with Crippen LogP contribution in [0.1, 0.15) is 10.4 Å². The van der Waals surface area contributed by atoms with E-state index >= 15 is 0 Å². The zero-order chi connectivity index (χ0) is 21.2. The smallest absolute Gasteiger partial charge is 0.257 e. The summed E-state index contributed by atoms with van der Waals surface area (Å²) in [6.07, 6.45) is 7.84. The van der Waals surface area contributed by atoms with E-state index in [1.165, 1.54) is 29.6 Å². The van der Waals surface area contributed by atoms with Crippen molar-refractivity contribution >= 4 is 34.1 Å². The highest BCUT2D eigenvalue weighted by Gasteiger charge is 2.12. The number of hydrogen-bond acceptors (Lipinski definition) is 6. The highest BCUT2D eigenvalue weighted by molar-refractivity contribution is 6.32. The zero-order valence-corrected chi connectivity index (χ0v) is 16.7. The van der Waals surface area contributed by atoms with Gasteiger partial charge in [-0.1, -0.05) is 29.8 Å². The van der Waals surface area contributed by atoms with Crippen LogP contribution >= 0.6 is 11.6 Å². The van der Waals surface area contributed by atoms with Gasteiger partial charge in [0.25, 0.3) is 5.91 Å². The highest BCUT2D eigenvalue weighted by Crippen LogP contribution is 2.26. The third-order valence-electron chi connectivity index (χ3n) is 4.64. The van der Waals surface area contributed by atoms with Crippen LogP contribution in [0.2, 0.25) is 5.02 Å². The summed E-state index contributed by atoms with van der Waals surface area (Å²) in [6.45, 7) is 0. The van der Waals surface area contributed by atoms with Crippen LogP contribution in [0.3, 0.4) is 0 Å². The first kappa shape index (κ1) is 18.8. The lowest BCUT2D eigenvalue weighted by atomic mass is 10.0. The molecule has 0 saturated carbocycles. The second-order valence-electron chi connectivity index (χ2n) is 6.61. The van der Waals surface area contributed by atoms with Crippen LogP contribution < -0.4 is 5.32 Å². The van der Waals surface area contributed by atoms with Crippen molar-refractivity contribution in [2.75, 3.05) is 5.32 Å². The molecule has 150 valence electrons. The van der Waals surface area contributed by atoms with Crippen LogP contribution in [0.5, 0.6) is 0 Å². The number of pyridine rings is 3. The molecule has 0 aliphatic carbocycles. The molecule has 31 heavy (non-hydrogen) atoms. The number of carbonyl (C=O) groups excluding carboxylic acids is 1. The molecule has 0 spiro atoms. The second kappa shape index (κ2) is 7.92. The predicted octanol–water partition coefficient (Wildman–Crippen LogP) is 4.18. The van der Waals surface area contributed by atoms with E-state index in [1.54, 1.807) is 18.3 Å². The molecule has 1 aromatic carbocycles. The van der Waals surface area contributed by atoms with Gasteiger partial charge in [-0.2, -0.15) is 10.2 Å². The molecule has 0 bridgehead atoms. The number of aromatic nitrogens is 6. The van der Waals surface area contributed by atoms with Crippen LogP contribution in [0.15, 0.2) is 79.5 Å². The first-order chi connectivity index (χ1) is 15.2. The maximum absolute atomic E-state index is 12.6. The predicted molar refractivity (Wildman–Crippen MR) is 117 cm³/mol. The standard InChI is InChI=1S/C22H14ClN7O/c23-18-11-15(13-26-21(18)30-27-9-10-28-30)29-22(31)14-6-7-20(25-12-14)16-3-1-5-19-17(16)4-2-8-24-19/h1-13H,(H,29,31). The van der Waals surface area contributed by atoms with Crippen molar-refractivity contribution < 1.29 is 4.79 Å². The van der Waals surface area contributed by atoms with E-state index in [1.807, 2.05) is 36.4 Å². The van der Waals surface area contributed by atoms with Crippen molar-refractivity contribution in [2.45, 2.75) is 0 Å². The van der Waals surface area contributed by atoms with Gasteiger partial charge in [-0.15, -0.1) is 4.80 Å². The number of benzene rings is 1. The van der Waals surface area contributed by atoms with Crippen molar-refractivity contribution in [1.82, 2.24) is 29.9 Å². The van der Waals surface area contributed by atoms with Gasteiger partial charge in [0.2, 0.25) is 0 Å². The van der Waals surface area contributed by atoms with Crippen molar-refractivity contribution in [3.63, 3.8) is 0 Å². The van der Waals surface area contributed by atoms with Crippen LogP contribution in [-0.2, 0) is 0 Å². The molecule has 4 heterocycles. The number of nitrogens with one attached hydrogen (secondary N) is 1. The number of amides is 1. The van der Waals surface area contributed by atoms with Gasteiger partial charge in [-0.25, -0.2) is 4.98 Å². The summed E-state index contributed by atoms with van der Waals surface area (Å²) in [4.78, 5) is 27.0. The minimum absolute atomic E-state index is 0.312. The molecule has 1 N–H and O–H groups in total. The molecule has 0 aliphatic rings. The molecule has 1 amide bonds. The first-order valence-corrected chi connectivity index (χ1v) is 9.70.